The van der Waals surface area contributed by atoms with Gasteiger partial charge in [0.15, 0.2) is 11.5 Å². The van der Waals surface area contributed by atoms with Crippen LogP contribution >= 0.6 is 0 Å². The monoisotopic (exact) mass is 661 g/mol. The van der Waals surface area contributed by atoms with Crippen LogP contribution in [0.15, 0.2) is 90.5 Å². The van der Waals surface area contributed by atoms with Gasteiger partial charge in [-0.1, -0.05) is 77.9 Å². The van der Waals surface area contributed by atoms with E-state index in [0.29, 0.717) is 21.7 Å². The van der Waals surface area contributed by atoms with Crippen molar-refractivity contribution in [2.75, 3.05) is 19.6 Å². The number of ether oxygens (including phenoxy) is 2. The molecule has 11 heteroatoms. The molecule has 3 aromatic carbocycles. The molecule has 0 unspecified atom stereocenters. The number of aryl methyl sites for hydroxylation is 1. The summed E-state index contributed by atoms with van der Waals surface area (Å²) in [6, 6.07) is 21.4. The molecule has 2 aliphatic carbocycles. The zero-order chi connectivity index (χ0) is 34.6. The number of hydrogen-bond donors (Lipinski definition) is 2. The van der Waals surface area contributed by atoms with E-state index in [0.717, 1.165) is 23.3 Å². The first-order valence-corrected chi connectivity index (χ1v) is 16.1. The Kier molecular flexibility index (Phi) is 7.85. The first-order chi connectivity index (χ1) is 23.6. The summed E-state index contributed by atoms with van der Waals surface area (Å²) in [5.74, 6) is -5.97. The lowest BCUT2D eigenvalue weighted by Crippen LogP contribution is -2.54. The van der Waals surface area contributed by atoms with E-state index in [2.05, 4.69) is 5.43 Å². The topological polar surface area (TPSA) is 143 Å². The molecule has 11 nitrogen and oxygen atoms in total. The molecule has 1 saturated carbocycles. The quantitative estimate of drug-likeness (QED) is 0.276. The zero-order valence-corrected chi connectivity index (χ0v) is 27.2. The fourth-order valence-electron chi connectivity index (χ4n) is 8.27. The predicted octanol–water partition coefficient (Wildman–Crippen LogP) is 5.01. The van der Waals surface area contributed by atoms with Gasteiger partial charge in [-0.3, -0.25) is 24.6 Å². The van der Waals surface area contributed by atoms with Crippen molar-refractivity contribution in [3.05, 3.63) is 107 Å². The summed E-state index contributed by atoms with van der Waals surface area (Å²) in [5, 5.41) is 11.3. The number of likely N-dealkylation sites (tertiary alicyclic amines) is 1. The Balaban J connectivity index is 1.41. The predicted molar refractivity (Wildman–Crippen MR) is 177 cm³/mol. The molecule has 0 radical (unpaired) electrons. The number of carbonyl (C=O) groups is 5. The maximum Gasteiger partial charge on any atom is 0.423 e. The van der Waals surface area contributed by atoms with Crippen molar-refractivity contribution < 1.29 is 38.6 Å². The second-order valence-electron chi connectivity index (χ2n) is 12.9. The number of nitrogens with zero attached hydrogens (tertiary/aromatic N) is 2. The van der Waals surface area contributed by atoms with Crippen LogP contribution < -0.4 is 10.2 Å². The van der Waals surface area contributed by atoms with E-state index in [-0.39, 0.29) is 24.3 Å². The number of anilines is 1. The third kappa shape index (κ3) is 4.82. The van der Waals surface area contributed by atoms with Crippen molar-refractivity contribution in [2.45, 2.75) is 25.2 Å². The number of hydrogen-bond acceptors (Lipinski definition) is 9. The van der Waals surface area contributed by atoms with E-state index in [1.54, 1.807) is 30.3 Å². The summed E-state index contributed by atoms with van der Waals surface area (Å²) in [4.78, 5) is 70.1. The number of rotatable bonds is 6. The number of allylic oxidation sites excluding steroid dienone is 3. The van der Waals surface area contributed by atoms with E-state index in [9.17, 15) is 24.3 Å². The smallest absolute Gasteiger partial charge is 0.423 e. The van der Waals surface area contributed by atoms with E-state index in [4.69, 9.17) is 9.47 Å². The number of aromatic hydroxyl groups is 1. The van der Waals surface area contributed by atoms with E-state index < -0.39 is 64.7 Å². The van der Waals surface area contributed by atoms with Crippen molar-refractivity contribution >= 4 is 41.5 Å². The molecule has 2 saturated heterocycles. The molecule has 5 amide bonds. The summed E-state index contributed by atoms with van der Waals surface area (Å²) < 4.78 is 10.1. The molecule has 2 N–H and O–H groups in total. The Hall–Kier alpha value is -5.71. The number of nitrogens with one attached hydrogen (secondary N) is 1. The highest BCUT2D eigenvalue weighted by Crippen LogP contribution is 2.61. The SMILES string of the molecule is COC(=O)N1C(=O)[C@H]2[C@H](CC=C3[C@H]2C[C@H]2C(=O)N(Nc4ccc(C)cc4)C(=O)[C@@]2(c2ccccc2)[C@H]3C=Cc2ccc(O)c(OC)c2)C1=O. The number of carbonyl (C=O) groups excluding carboxylic acids is 5. The molecule has 49 heavy (non-hydrogen) atoms. The lowest BCUT2D eigenvalue weighted by atomic mass is 9.50. The van der Waals surface area contributed by atoms with Crippen molar-refractivity contribution in [1.82, 2.24) is 9.91 Å². The Morgan fingerprint density at radius 1 is 0.939 bits per heavy atom. The molecule has 7 rings (SSSR count). The number of phenols is 1. The first kappa shape index (κ1) is 31.9. The van der Waals surface area contributed by atoms with Gasteiger partial charge in [-0.15, -0.1) is 0 Å². The van der Waals surface area contributed by atoms with Crippen LogP contribution in [0.4, 0.5) is 10.5 Å². The third-order valence-electron chi connectivity index (χ3n) is 10.5. The zero-order valence-electron chi connectivity index (χ0n) is 27.2. The largest absolute Gasteiger partial charge is 0.504 e. The number of imide groups is 4. The average molecular weight is 662 g/mol. The van der Waals surface area contributed by atoms with Gasteiger partial charge in [0.1, 0.15) is 0 Å². The van der Waals surface area contributed by atoms with Gasteiger partial charge < -0.3 is 14.6 Å². The van der Waals surface area contributed by atoms with Crippen molar-refractivity contribution in [3.8, 4) is 11.5 Å². The van der Waals surface area contributed by atoms with Crippen LogP contribution in [0.25, 0.3) is 6.08 Å². The van der Waals surface area contributed by atoms with Gasteiger partial charge in [0.2, 0.25) is 11.8 Å². The van der Waals surface area contributed by atoms with Gasteiger partial charge >= 0.3 is 6.09 Å². The Labute approximate surface area is 282 Å². The standard InChI is InChI=1S/C38H35N3O8/c1-21-9-13-24(14-10-21)39-41-34(44)29-20-27-25(15-16-26-32(27)35(45)40(33(26)43)37(47)49-3)28(17-11-22-12-18-30(42)31(19-22)48-2)38(29,36(41)46)23-7-5-4-6-8-23/h4-15,17-19,26-29,32,39,42H,16,20H2,1-3H3/t26-,27+,28-,29-,32-,38-/m0/s1. The number of methoxy groups -OCH3 is 2. The highest BCUT2D eigenvalue weighted by Gasteiger charge is 2.70. The van der Waals surface area contributed by atoms with Crippen LogP contribution in [0.3, 0.4) is 0 Å². The maximum atomic E-state index is 15.0. The fraction of sp³-hybridized carbons (Fsp3) is 0.289. The lowest BCUT2D eigenvalue weighted by Gasteiger charge is -2.49. The molecule has 3 fully saturated rings. The molecule has 0 spiro atoms. The maximum absolute atomic E-state index is 15.0. The molecular formula is C38H35N3O8. The number of phenolic OH excluding ortho intramolecular Hbond substituents is 1. The van der Waals surface area contributed by atoms with E-state index >= 15 is 4.79 Å². The second kappa shape index (κ2) is 12.1. The van der Waals surface area contributed by atoms with Crippen molar-refractivity contribution in [3.63, 3.8) is 0 Å². The van der Waals surface area contributed by atoms with E-state index in [1.807, 2.05) is 61.5 Å². The molecule has 2 aliphatic heterocycles. The number of fused-ring (bicyclic) bond motifs is 4. The summed E-state index contributed by atoms with van der Waals surface area (Å²) in [5.41, 5.74) is 5.26. The summed E-state index contributed by atoms with van der Waals surface area (Å²) in [7, 11) is 2.56. The number of hydrazine groups is 1. The highest BCUT2D eigenvalue weighted by molar-refractivity contribution is 6.16. The molecule has 0 bridgehead atoms. The van der Waals surface area contributed by atoms with Crippen LogP contribution in [-0.4, -0.2) is 59.0 Å². The number of benzene rings is 3. The molecule has 2 heterocycles. The molecule has 3 aromatic rings. The lowest BCUT2D eigenvalue weighted by molar-refractivity contribution is -0.140. The van der Waals surface area contributed by atoms with Gasteiger partial charge in [0, 0.05) is 5.92 Å². The van der Waals surface area contributed by atoms with Crippen molar-refractivity contribution in [2.24, 2.45) is 29.6 Å². The second-order valence-corrected chi connectivity index (χ2v) is 12.9. The minimum absolute atomic E-state index is 0.0341. The minimum Gasteiger partial charge on any atom is -0.504 e. The minimum atomic E-state index is -1.42. The fourth-order valence-corrected chi connectivity index (χ4v) is 8.27. The number of amides is 5. The first-order valence-electron chi connectivity index (χ1n) is 16.1. The van der Waals surface area contributed by atoms with Crippen LogP contribution in [0.2, 0.25) is 0 Å². The summed E-state index contributed by atoms with van der Waals surface area (Å²) in [6.45, 7) is 1.94. The van der Waals surface area contributed by atoms with Crippen LogP contribution in [0, 0.1) is 36.5 Å². The summed E-state index contributed by atoms with van der Waals surface area (Å²) in [6.07, 6.45) is 4.81. The van der Waals surface area contributed by atoms with Crippen LogP contribution in [0.1, 0.15) is 29.5 Å². The Bertz CT molecular complexity index is 1940. The van der Waals surface area contributed by atoms with Gasteiger partial charge in [0.25, 0.3) is 11.8 Å². The molecule has 4 aliphatic rings. The van der Waals surface area contributed by atoms with Gasteiger partial charge in [-0.2, -0.15) is 9.91 Å². The van der Waals surface area contributed by atoms with Crippen LogP contribution in [0.5, 0.6) is 11.5 Å². The highest BCUT2D eigenvalue weighted by atomic mass is 16.5. The van der Waals surface area contributed by atoms with Crippen LogP contribution in [-0.2, 0) is 29.3 Å². The van der Waals surface area contributed by atoms with Gasteiger partial charge in [-0.25, -0.2) is 4.79 Å². The Morgan fingerprint density at radius 3 is 2.37 bits per heavy atom. The molecule has 0 aromatic heterocycles. The molecular weight excluding hydrogens is 626 g/mol. The molecule has 6 atom stereocenters. The Morgan fingerprint density at radius 2 is 1.67 bits per heavy atom. The van der Waals surface area contributed by atoms with Gasteiger partial charge in [0.05, 0.1) is 43.1 Å². The third-order valence-corrected chi connectivity index (χ3v) is 10.5. The molecule has 250 valence electrons. The summed E-state index contributed by atoms with van der Waals surface area (Å²) >= 11 is 0. The van der Waals surface area contributed by atoms with Crippen molar-refractivity contribution in [1.29, 1.82) is 0 Å². The van der Waals surface area contributed by atoms with Gasteiger partial charge in [-0.05, 0) is 61.1 Å². The normalized spacial score (nSPS) is 27.5. The van der Waals surface area contributed by atoms with E-state index in [1.165, 1.54) is 13.2 Å². The average Bonchev–Trinajstić information content (AvgIpc) is 3.50.